The Morgan fingerprint density at radius 3 is 2.62 bits per heavy atom. The molecule has 1 heterocycles. The number of anilines is 1. The number of likely N-dealkylation sites (N-methyl/N-ethyl adjacent to an activating group) is 1. The number of nitro benzene ring substituents is 1. The van der Waals surface area contributed by atoms with Crippen molar-refractivity contribution in [3.63, 3.8) is 0 Å². The number of nitro groups is 1. The lowest BCUT2D eigenvalue weighted by Crippen LogP contribution is -2.52. The molecule has 34 heavy (non-hydrogen) atoms. The summed E-state index contributed by atoms with van der Waals surface area (Å²) in [4.78, 5) is 25.8. The second kappa shape index (κ2) is 9.50. The number of benzene rings is 2. The zero-order valence-electron chi connectivity index (χ0n) is 20.1. The summed E-state index contributed by atoms with van der Waals surface area (Å²) in [6.07, 6.45) is 3.67. The molecule has 2 aliphatic rings. The fraction of sp³-hybridized carbons (Fsp3) is 0.480. The van der Waals surface area contributed by atoms with Gasteiger partial charge >= 0.3 is 6.03 Å². The van der Waals surface area contributed by atoms with E-state index >= 15 is 0 Å². The van der Waals surface area contributed by atoms with E-state index in [-0.39, 0.29) is 29.2 Å². The van der Waals surface area contributed by atoms with Gasteiger partial charge in [-0.2, -0.15) is 0 Å². The SMILES string of the molecule is COc1ccc([C@@]23CC[C@@H](NC(=O)Nc4ccc(C)c([N+](=O)[O-])c4)C[C@@H]2N(C)CC3)cc1OC. The normalized spacial score (nSPS) is 24.2. The van der Waals surface area contributed by atoms with Crippen LogP contribution in [-0.4, -0.2) is 55.8 Å². The van der Waals surface area contributed by atoms with Crippen LogP contribution in [0.25, 0.3) is 0 Å². The Morgan fingerprint density at radius 2 is 1.91 bits per heavy atom. The van der Waals surface area contributed by atoms with Gasteiger partial charge in [-0.05, 0) is 70.0 Å². The van der Waals surface area contributed by atoms with Crippen molar-refractivity contribution in [1.82, 2.24) is 10.2 Å². The van der Waals surface area contributed by atoms with Gasteiger partial charge in [-0.25, -0.2) is 4.79 Å². The Morgan fingerprint density at radius 1 is 1.15 bits per heavy atom. The number of amides is 2. The first-order valence-corrected chi connectivity index (χ1v) is 11.5. The summed E-state index contributed by atoms with van der Waals surface area (Å²) in [6.45, 7) is 2.66. The molecule has 3 atom stereocenters. The van der Waals surface area contributed by atoms with E-state index in [1.807, 2.05) is 6.07 Å². The Bertz CT molecular complexity index is 1090. The Labute approximate surface area is 199 Å². The number of ether oxygens (including phenoxy) is 2. The minimum atomic E-state index is -0.441. The van der Waals surface area contributed by atoms with Crippen LogP contribution in [0.3, 0.4) is 0 Å². The van der Waals surface area contributed by atoms with E-state index in [0.717, 1.165) is 38.0 Å². The van der Waals surface area contributed by atoms with Crippen LogP contribution < -0.4 is 20.1 Å². The van der Waals surface area contributed by atoms with Crippen molar-refractivity contribution < 1.29 is 19.2 Å². The molecule has 1 aliphatic heterocycles. The number of aryl methyl sites for hydroxylation is 1. The van der Waals surface area contributed by atoms with E-state index in [9.17, 15) is 14.9 Å². The number of carbonyl (C=O) groups is 1. The van der Waals surface area contributed by atoms with Crippen LogP contribution >= 0.6 is 0 Å². The van der Waals surface area contributed by atoms with Crippen molar-refractivity contribution in [2.45, 2.75) is 50.1 Å². The summed E-state index contributed by atoms with van der Waals surface area (Å²) in [6, 6.07) is 10.9. The quantitative estimate of drug-likeness (QED) is 0.485. The van der Waals surface area contributed by atoms with Crippen LogP contribution in [0.15, 0.2) is 36.4 Å². The van der Waals surface area contributed by atoms with Crippen LogP contribution in [0.5, 0.6) is 11.5 Å². The fourth-order valence-electron chi connectivity index (χ4n) is 5.63. The number of hydrogen-bond donors (Lipinski definition) is 2. The largest absolute Gasteiger partial charge is 0.493 e. The summed E-state index contributed by atoms with van der Waals surface area (Å²) in [5.74, 6) is 1.45. The van der Waals surface area contributed by atoms with Gasteiger partial charge in [-0.3, -0.25) is 10.1 Å². The predicted octanol–water partition coefficient (Wildman–Crippen LogP) is 4.24. The number of urea groups is 1. The molecule has 1 saturated heterocycles. The zero-order valence-corrected chi connectivity index (χ0v) is 20.1. The number of nitrogens with one attached hydrogen (secondary N) is 2. The van der Waals surface area contributed by atoms with Crippen molar-refractivity contribution in [2.75, 3.05) is 33.1 Å². The minimum absolute atomic E-state index is 0.000522. The van der Waals surface area contributed by atoms with Gasteiger partial charge in [0.15, 0.2) is 11.5 Å². The van der Waals surface area contributed by atoms with Gasteiger partial charge in [0, 0.05) is 34.8 Å². The maximum atomic E-state index is 12.7. The molecular weight excluding hydrogens is 436 g/mol. The van der Waals surface area contributed by atoms with Crippen LogP contribution in [-0.2, 0) is 5.41 Å². The molecule has 2 aromatic carbocycles. The van der Waals surface area contributed by atoms with Gasteiger partial charge < -0.3 is 25.0 Å². The second-order valence-corrected chi connectivity index (χ2v) is 9.30. The van der Waals surface area contributed by atoms with Crippen molar-refractivity contribution in [3.8, 4) is 11.5 Å². The van der Waals surface area contributed by atoms with E-state index in [2.05, 4.69) is 34.7 Å². The van der Waals surface area contributed by atoms with E-state index in [1.54, 1.807) is 33.3 Å². The van der Waals surface area contributed by atoms with Gasteiger partial charge in [0.05, 0.1) is 19.1 Å². The molecule has 0 aromatic heterocycles. The first-order valence-electron chi connectivity index (χ1n) is 11.5. The monoisotopic (exact) mass is 468 g/mol. The molecule has 1 saturated carbocycles. The lowest BCUT2D eigenvalue weighted by atomic mass is 9.65. The molecule has 9 nitrogen and oxygen atoms in total. The number of rotatable bonds is 6. The Balaban J connectivity index is 1.47. The molecule has 182 valence electrons. The third kappa shape index (κ3) is 4.40. The molecule has 2 fully saturated rings. The molecule has 1 aliphatic carbocycles. The highest BCUT2D eigenvalue weighted by Crippen LogP contribution is 2.49. The first-order chi connectivity index (χ1) is 16.3. The Hall–Kier alpha value is -3.33. The molecule has 0 spiro atoms. The molecule has 2 amide bonds. The van der Waals surface area contributed by atoms with Crippen molar-refractivity contribution in [3.05, 3.63) is 57.6 Å². The summed E-state index contributed by atoms with van der Waals surface area (Å²) < 4.78 is 11.0. The third-order valence-corrected chi connectivity index (χ3v) is 7.48. The van der Waals surface area contributed by atoms with Crippen LogP contribution in [0, 0.1) is 17.0 Å². The molecule has 2 N–H and O–H groups in total. The predicted molar refractivity (Wildman–Crippen MR) is 130 cm³/mol. The standard InChI is InChI=1S/C25H32N4O5/c1-16-5-7-18(14-20(16)29(31)32)26-24(30)27-19-9-10-25(11-12-28(2)23(25)15-19)17-6-8-21(33-3)22(13-17)34-4/h5-8,13-14,19,23H,9-12,15H2,1-4H3,(H2,26,27,30)/t19-,23+,25+/m1/s1. The second-order valence-electron chi connectivity index (χ2n) is 9.30. The molecular formula is C25H32N4O5. The van der Waals surface area contributed by atoms with Crippen LogP contribution in [0.4, 0.5) is 16.2 Å². The van der Waals surface area contributed by atoms with E-state index < -0.39 is 4.92 Å². The number of likely N-dealkylation sites (tertiary alicyclic amines) is 1. The first kappa shape index (κ1) is 23.8. The van der Waals surface area contributed by atoms with Crippen molar-refractivity contribution in [1.29, 1.82) is 0 Å². The molecule has 4 rings (SSSR count). The van der Waals surface area contributed by atoms with Gasteiger partial charge in [-0.15, -0.1) is 0 Å². The molecule has 0 unspecified atom stereocenters. The zero-order chi connectivity index (χ0) is 24.5. The van der Waals surface area contributed by atoms with Crippen LogP contribution in [0.1, 0.15) is 36.8 Å². The van der Waals surface area contributed by atoms with Gasteiger partial charge in [0.25, 0.3) is 5.69 Å². The number of nitrogens with zero attached hydrogens (tertiary/aromatic N) is 2. The van der Waals surface area contributed by atoms with Gasteiger partial charge in [0.1, 0.15) is 0 Å². The van der Waals surface area contributed by atoms with Crippen molar-refractivity contribution in [2.24, 2.45) is 0 Å². The highest BCUT2D eigenvalue weighted by atomic mass is 16.6. The number of methoxy groups -OCH3 is 2. The highest BCUT2D eigenvalue weighted by molar-refractivity contribution is 5.90. The van der Waals surface area contributed by atoms with E-state index in [0.29, 0.717) is 17.0 Å². The van der Waals surface area contributed by atoms with E-state index in [1.165, 1.54) is 11.6 Å². The average molecular weight is 469 g/mol. The summed E-state index contributed by atoms with van der Waals surface area (Å²) in [5.41, 5.74) is 2.19. The van der Waals surface area contributed by atoms with Crippen molar-refractivity contribution >= 4 is 17.4 Å². The van der Waals surface area contributed by atoms with Crippen LogP contribution in [0.2, 0.25) is 0 Å². The highest BCUT2D eigenvalue weighted by Gasteiger charge is 2.50. The minimum Gasteiger partial charge on any atom is -0.493 e. The number of carbonyl (C=O) groups excluding carboxylic acids is 1. The number of fused-ring (bicyclic) bond motifs is 1. The summed E-state index contributed by atoms with van der Waals surface area (Å²) >= 11 is 0. The molecule has 2 aromatic rings. The lowest BCUT2D eigenvalue weighted by molar-refractivity contribution is -0.385. The maximum Gasteiger partial charge on any atom is 0.319 e. The fourth-order valence-corrected chi connectivity index (χ4v) is 5.63. The average Bonchev–Trinajstić information content (AvgIpc) is 3.16. The molecule has 0 radical (unpaired) electrons. The lowest BCUT2D eigenvalue weighted by Gasteiger charge is -2.45. The summed E-state index contributed by atoms with van der Waals surface area (Å²) in [5, 5.41) is 17.0. The maximum absolute atomic E-state index is 12.7. The summed E-state index contributed by atoms with van der Waals surface area (Å²) in [7, 11) is 5.43. The van der Waals surface area contributed by atoms with Gasteiger partial charge in [-0.1, -0.05) is 12.1 Å². The smallest absolute Gasteiger partial charge is 0.319 e. The topological polar surface area (TPSA) is 106 Å². The molecule has 0 bridgehead atoms. The van der Waals surface area contributed by atoms with Gasteiger partial charge in [0.2, 0.25) is 0 Å². The number of hydrogen-bond acceptors (Lipinski definition) is 6. The third-order valence-electron chi connectivity index (χ3n) is 7.48. The Kier molecular flexibility index (Phi) is 6.65. The molecule has 9 heteroatoms. The van der Waals surface area contributed by atoms with E-state index in [4.69, 9.17) is 9.47 Å².